The first-order valence-corrected chi connectivity index (χ1v) is 4.26. The van der Waals surface area contributed by atoms with Crippen LogP contribution in [0.2, 0.25) is 0 Å². The smallest absolute Gasteiger partial charge is 0.269 e. The summed E-state index contributed by atoms with van der Waals surface area (Å²) in [6.45, 7) is -0.768. The Morgan fingerprint density at radius 2 is 2.13 bits per heavy atom. The number of nitro benzene ring substituents is 1. The molecule has 0 saturated carbocycles. The van der Waals surface area contributed by atoms with Crippen LogP contribution in [0.25, 0.3) is 0 Å². The van der Waals surface area contributed by atoms with Gasteiger partial charge in [-0.15, -0.1) is 0 Å². The molecule has 15 heavy (non-hydrogen) atoms. The van der Waals surface area contributed by atoms with E-state index in [4.69, 9.17) is 5.73 Å². The minimum absolute atomic E-state index is 0.194. The average Bonchev–Trinajstić information content (AvgIpc) is 2.17. The minimum atomic E-state index is -3.02. The van der Waals surface area contributed by atoms with Crippen molar-refractivity contribution >= 4 is 5.69 Å². The van der Waals surface area contributed by atoms with Crippen molar-refractivity contribution in [1.82, 2.24) is 0 Å². The second kappa shape index (κ2) is 4.31. The molecule has 1 rings (SSSR count). The summed E-state index contributed by atoms with van der Waals surface area (Å²) < 4.78 is 25.8. The summed E-state index contributed by atoms with van der Waals surface area (Å²) in [5.41, 5.74) is 4.88. The van der Waals surface area contributed by atoms with Crippen LogP contribution in [0.4, 0.5) is 14.5 Å². The quantitative estimate of drug-likeness (QED) is 0.615. The predicted molar refractivity (Wildman–Crippen MR) is 50.8 cm³/mol. The summed E-state index contributed by atoms with van der Waals surface area (Å²) in [5, 5.41) is 10.4. The van der Waals surface area contributed by atoms with Gasteiger partial charge in [-0.2, -0.15) is 0 Å². The molecule has 0 radical (unpaired) electrons. The Morgan fingerprint density at radius 3 is 2.67 bits per heavy atom. The maximum absolute atomic E-state index is 12.9. The highest BCUT2D eigenvalue weighted by Crippen LogP contribution is 2.21. The lowest BCUT2D eigenvalue weighted by Crippen LogP contribution is -2.30. The summed E-state index contributed by atoms with van der Waals surface area (Å²) >= 11 is 0. The Labute approximate surface area is 84.9 Å². The number of benzene rings is 1. The van der Waals surface area contributed by atoms with Crippen LogP contribution in [-0.2, 0) is 6.42 Å². The Hall–Kier alpha value is -1.56. The van der Waals surface area contributed by atoms with E-state index in [1.807, 2.05) is 0 Å². The van der Waals surface area contributed by atoms with Crippen LogP contribution in [0.15, 0.2) is 24.3 Å². The number of nitrogens with zero attached hydrogens (tertiary/aromatic N) is 1. The number of nitro groups is 1. The molecule has 4 nitrogen and oxygen atoms in total. The first-order chi connectivity index (χ1) is 6.94. The SMILES string of the molecule is NCC(F)(F)Cc1cccc([N+](=O)[O-])c1. The molecule has 0 amide bonds. The van der Waals surface area contributed by atoms with Crippen molar-refractivity contribution in [3.63, 3.8) is 0 Å². The van der Waals surface area contributed by atoms with Gasteiger partial charge >= 0.3 is 0 Å². The summed E-state index contributed by atoms with van der Waals surface area (Å²) in [5.74, 6) is -3.02. The molecular formula is C9H10F2N2O2. The molecule has 0 aliphatic rings. The maximum Gasteiger partial charge on any atom is 0.269 e. The minimum Gasteiger partial charge on any atom is -0.325 e. The normalized spacial score (nSPS) is 11.4. The fraction of sp³-hybridized carbons (Fsp3) is 0.333. The standard InChI is InChI=1S/C9H10F2N2O2/c10-9(11,6-12)5-7-2-1-3-8(4-7)13(14)15/h1-4H,5-6,12H2. The molecular weight excluding hydrogens is 206 g/mol. The Balaban J connectivity index is 2.87. The molecule has 0 fully saturated rings. The molecule has 0 unspecified atom stereocenters. The summed E-state index contributed by atoms with van der Waals surface area (Å²) in [6.07, 6.45) is -0.578. The van der Waals surface area contributed by atoms with Crippen LogP contribution < -0.4 is 5.73 Å². The lowest BCUT2D eigenvalue weighted by Gasteiger charge is -2.13. The Bertz CT molecular complexity index is 369. The molecule has 0 aromatic heterocycles. The fourth-order valence-corrected chi connectivity index (χ4v) is 1.15. The van der Waals surface area contributed by atoms with E-state index in [1.165, 1.54) is 18.2 Å². The number of non-ortho nitro benzene ring substituents is 1. The van der Waals surface area contributed by atoms with E-state index < -0.39 is 23.8 Å². The number of halogens is 2. The highest BCUT2D eigenvalue weighted by molar-refractivity contribution is 5.34. The number of rotatable bonds is 4. The van der Waals surface area contributed by atoms with Gasteiger partial charge in [0.2, 0.25) is 0 Å². The van der Waals surface area contributed by atoms with Crippen molar-refractivity contribution in [1.29, 1.82) is 0 Å². The molecule has 0 aliphatic heterocycles. The molecule has 1 aromatic carbocycles. The summed E-state index contributed by atoms with van der Waals surface area (Å²) in [4.78, 5) is 9.76. The van der Waals surface area contributed by atoms with Gasteiger partial charge in [0.15, 0.2) is 0 Å². The molecule has 0 spiro atoms. The van der Waals surface area contributed by atoms with Gasteiger partial charge < -0.3 is 5.73 Å². The lowest BCUT2D eigenvalue weighted by atomic mass is 10.1. The lowest BCUT2D eigenvalue weighted by molar-refractivity contribution is -0.384. The van der Waals surface area contributed by atoms with Gasteiger partial charge in [0.05, 0.1) is 11.5 Å². The molecule has 6 heteroatoms. The van der Waals surface area contributed by atoms with Gasteiger partial charge in [-0.3, -0.25) is 10.1 Å². The van der Waals surface area contributed by atoms with E-state index in [0.717, 1.165) is 6.07 Å². The zero-order chi connectivity index (χ0) is 11.5. The van der Waals surface area contributed by atoms with Crippen molar-refractivity contribution in [3.05, 3.63) is 39.9 Å². The topological polar surface area (TPSA) is 69.2 Å². The first kappa shape index (κ1) is 11.5. The summed E-state index contributed by atoms with van der Waals surface area (Å²) in [6, 6.07) is 5.17. The van der Waals surface area contributed by atoms with Crippen molar-refractivity contribution in [3.8, 4) is 0 Å². The number of alkyl halides is 2. The van der Waals surface area contributed by atoms with Crippen LogP contribution in [0, 0.1) is 10.1 Å². The van der Waals surface area contributed by atoms with E-state index >= 15 is 0 Å². The van der Waals surface area contributed by atoms with E-state index in [2.05, 4.69) is 0 Å². The molecule has 0 saturated heterocycles. The fourth-order valence-electron chi connectivity index (χ4n) is 1.15. The van der Waals surface area contributed by atoms with Gasteiger partial charge in [-0.25, -0.2) is 8.78 Å². The molecule has 0 bridgehead atoms. The van der Waals surface area contributed by atoms with E-state index in [1.54, 1.807) is 0 Å². The zero-order valence-corrected chi connectivity index (χ0v) is 7.82. The molecule has 0 aliphatic carbocycles. The second-order valence-corrected chi connectivity index (χ2v) is 3.16. The number of hydrogen-bond donors (Lipinski definition) is 1. The monoisotopic (exact) mass is 216 g/mol. The highest BCUT2D eigenvalue weighted by Gasteiger charge is 2.27. The first-order valence-electron chi connectivity index (χ1n) is 4.26. The molecule has 82 valence electrons. The van der Waals surface area contributed by atoms with Crippen LogP contribution in [0.5, 0.6) is 0 Å². The van der Waals surface area contributed by atoms with Crippen LogP contribution >= 0.6 is 0 Å². The van der Waals surface area contributed by atoms with E-state index in [9.17, 15) is 18.9 Å². The van der Waals surface area contributed by atoms with Crippen molar-refractivity contribution in [2.24, 2.45) is 5.73 Å². The zero-order valence-electron chi connectivity index (χ0n) is 7.82. The molecule has 2 N–H and O–H groups in total. The Morgan fingerprint density at radius 1 is 1.47 bits per heavy atom. The predicted octanol–water partition coefficient (Wildman–Crippen LogP) is 1.73. The largest absolute Gasteiger partial charge is 0.325 e. The van der Waals surface area contributed by atoms with Crippen molar-refractivity contribution in [2.45, 2.75) is 12.3 Å². The van der Waals surface area contributed by atoms with Crippen molar-refractivity contribution in [2.75, 3.05) is 6.54 Å². The van der Waals surface area contributed by atoms with E-state index in [-0.39, 0.29) is 11.3 Å². The molecule has 1 aromatic rings. The molecule has 0 heterocycles. The summed E-state index contributed by atoms with van der Waals surface area (Å²) in [7, 11) is 0. The average molecular weight is 216 g/mol. The highest BCUT2D eigenvalue weighted by atomic mass is 19.3. The second-order valence-electron chi connectivity index (χ2n) is 3.16. The third-order valence-electron chi connectivity index (χ3n) is 1.88. The third kappa shape index (κ3) is 3.25. The van der Waals surface area contributed by atoms with Crippen LogP contribution in [-0.4, -0.2) is 17.4 Å². The van der Waals surface area contributed by atoms with Gasteiger partial charge in [-0.1, -0.05) is 12.1 Å². The van der Waals surface area contributed by atoms with Crippen LogP contribution in [0.1, 0.15) is 5.56 Å². The third-order valence-corrected chi connectivity index (χ3v) is 1.88. The Kier molecular flexibility index (Phi) is 3.31. The van der Waals surface area contributed by atoms with Gasteiger partial charge in [-0.05, 0) is 5.56 Å². The van der Waals surface area contributed by atoms with Gasteiger partial charge in [0.1, 0.15) is 0 Å². The van der Waals surface area contributed by atoms with Crippen molar-refractivity contribution < 1.29 is 13.7 Å². The molecule has 0 atom stereocenters. The van der Waals surface area contributed by atoms with Crippen LogP contribution in [0.3, 0.4) is 0 Å². The number of nitrogens with two attached hydrogens (primary N) is 1. The van der Waals surface area contributed by atoms with E-state index in [0.29, 0.717) is 0 Å². The number of hydrogen-bond acceptors (Lipinski definition) is 3. The van der Waals surface area contributed by atoms with Gasteiger partial charge in [0, 0.05) is 18.6 Å². The maximum atomic E-state index is 12.9. The van der Waals surface area contributed by atoms with Gasteiger partial charge in [0.25, 0.3) is 11.6 Å².